The molecule has 0 aromatic carbocycles. The van der Waals surface area contributed by atoms with Crippen LogP contribution in [0.1, 0.15) is 213 Å². The standard InChI is InChI=1S/C57H99NO10/c1-4-7-10-13-16-19-22-25-27-30-33-36-39-42-45-52(62)68-55-54(64)53(63)51(46-59)67-57(55)66-47-48(49(60)43-40-37-34-31-29-26-23-20-17-14-11-8-5-2)58-56(65)50(61)44-41-38-35-32-28-24-21-18-15-12-9-6-3/h7,9-10,12,15-16,18-19,21,24,40,43,48-51,53-55,57,59-61,63-64H,4-6,8,11,13-14,17,20,22-23,25-39,41-42,44-47H2,1-3H3,(H,58,65)/b10-7+,12-9+,18-15+,19-16+,24-21-,43-40+. The monoisotopic (exact) mass is 958 g/mol. The van der Waals surface area contributed by atoms with E-state index in [9.17, 15) is 35.1 Å². The van der Waals surface area contributed by atoms with Gasteiger partial charge in [-0.05, 0) is 70.6 Å². The van der Waals surface area contributed by atoms with Gasteiger partial charge in [-0.2, -0.15) is 0 Å². The zero-order valence-corrected chi connectivity index (χ0v) is 43.0. The molecule has 0 spiro atoms. The molecule has 0 aromatic heterocycles. The van der Waals surface area contributed by atoms with Crippen LogP contribution in [0.2, 0.25) is 0 Å². The molecule has 1 amide bonds. The van der Waals surface area contributed by atoms with Crippen molar-refractivity contribution in [2.24, 2.45) is 0 Å². The van der Waals surface area contributed by atoms with Gasteiger partial charge in [0.2, 0.25) is 5.91 Å². The highest BCUT2D eigenvalue weighted by Crippen LogP contribution is 2.26. The lowest BCUT2D eigenvalue weighted by molar-refractivity contribution is -0.305. The molecular formula is C57H99NO10. The lowest BCUT2D eigenvalue weighted by Gasteiger charge is -2.41. The summed E-state index contributed by atoms with van der Waals surface area (Å²) in [5, 5.41) is 56.7. The average molecular weight is 958 g/mol. The number of rotatable bonds is 44. The Morgan fingerprint density at radius 1 is 0.603 bits per heavy atom. The SMILES string of the molecule is CC/C=C/C=C/C=C\CCCCCCC(O)C(=O)NC(COC1OC(CO)C(O)C(O)C1OC(=O)CCCCCCCCC/C=C/C/C=C/CC)C(O)/C=C/CCCCCCCCCCCCC. The number of carbonyl (C=O) groups is 2. The first-order valence-electron chi connectivity index (χ1n) is 27.2. The minimum absolute atomic E-state index is 0.109. The van der Waals surface area contributed by atoms with Crippen LogP contribution >= 0.6 is 0 Å². The maximum Gasteiger partial charge on any atom is 0.306 e. The molecule has 0 bridgehead atoms. The fourth-order valence-corrected chi connectivity index (χ4v) is 8.10. The van der Waals surface area contributed by atoms with E-state index in [0.717, 1.165) is 103 Å². The number of nitrogens with one attached hydrogen (secondary N) is 1. The van der Waals surface area contributed by atoms with Crippen LogP contribution in [-0.2, 0) is 23.8 Å². The van der Waals surface area contributed by atoms with E-state index in [-0.39, 0.29) is 19.4 Å². The summed E-state index contributed by atoms with van der Waals surface area (Å²) < 4.78 is 17.5. The quantitative estimate of drug-likeness (QED) is 0.0149. The van der Waals surface area contributed by atoms with E-state index in [2.05, 4.69) is 62.5 Å². The van der Waals surface area contributed by atoms with Gasteiger partial charge in [-0.25, -0.2) is 0 Å². The second kappa shape index (κ2) is 45.3. The van der Waals surface area contributed by atoms with Crippen LogP contribution in [0, 0.1) is 0 Å². The molecule has 8 atom stereocenters. The Balaban J connectivity index is 2.79. The van der Waals surface area contributed by atoms with Crippen molar-refractivity contribution < 1.29 is 49.3 Å². The van der Waals surface area contributed by atoms with Gasteiger partial charge in [-0.3, -0.25) is 9.59 Å². The smallest absolute Gasteiger partial charge is 0.306 e. The summed E-state index contributed by atoms with van der Waals surface area (Å²) in [5.41, 5.74) is 0. The first kappa shape index (κ1) is 63.1. The van der Waals surface area contributed by atoms with Gasteiger partial charge in [0.15, 0.2) is 12.4 Å². The van der Waals surface area contributed by atoms with Crippen molar-refractivity contribution in [1.82, 2.24) is 5.32 Å². The van der Waals surface area contributed by atoms with E-state index in [1.807, 2.05) is 30.4 Å². The molecule has 0 radical (unpaired) electrons. The highest BCUT2D eigenvalue weighted by Gasteiger charge is 2.47. The number of aliphatic hydroxyl groups is 5. The summed E-state index contributed by atoms with van der Waals surface area (Å²) in [6.07, 6.45) is 45.2. The molecule has 11 nitrogen and oxygen atoms in total. The molecule has 0 aliphatic carbocycles. The van der Waals surface area contributed by atoms with Gasteiger partial charge >= 0.3 is 5.97 Å². The van der Waals surface area contributed by atoms with Crippen molar-refractivity contribution in [2.75, 3.05) is 13.2 Å². The summed E-state index contributed by atoms with van der Waals surface area (Å²) in [6.45, 7) is 5.50. The average Bonchev–Trinajstić information content (AvgIpc) is 3.33. The molecule has 1 saturated heterocycles. The number of unbranched alkanes of at least 4 members (excludes halogenated alkanes) is 22. The second-order valence-corrected chi connectivity index (χ2v) is 18.6. The molecule has 0 saturated carbocycles. The molecule has 1 heterocycles. The molecule has 68 heavy (non-hydrogen) atoms. The first-order valence-corrected chi connectivity index (χ1v) is 27.2. The van der Waals surface area contributed by atoms with Gasteiger partial charge in [0.05, 0.1) is 25.4 Å². The zero-order valence-electron chi connectivity index (χ0n) is 43.0. The number of esters is 1. The molecule has 1 aliphatic heterocycles. The van der Waals surface area contributed by atoms with E-state index in [0.29, 0.717) is 12.8 Å². The van der Waals surface area contributed by atoms with Crippen LogP contribution < -0.4 is 5.32 Å². The van der Waals surface area contributed by atoms with Crippen LogP contribution in [0.25, 0.3) is 0 Å². The van der Waals surface area contributed by atoms with Crippen molar-refractivity contribution >= 4 is 11.9 Å². The largest absolute Gasteiger partial charge is 0.454 e. The minimum Gasteiger partial charge on any atom is -0.454 e. The maximum atomic E-state index is 13.3. The number of ether oxygens (including phenoxy) is 3. The van der Waals surface area contributed by atoms with E-state index >= 15 is 0 Å². The predicted octanol–water partition coefficient (Wildman–Crippen LogP) is 11.7. The van der Waals surface area contributed by atoms with Gasteiger partial charge < -0.3 is 45.1 Å². The number of hydrogen-bond donors (Lipinski definition) is 6. The van der Waals surface area contributed by atoms with Gasteiger partial charge in [0.1, 0.15) is 24.4 Å². The molecular weight excluding hydrogens is 859 g/mol. The Kier molecular flexibility index (Phi) is 42.0. The van der Waals surface area contributed by atoms with Crippen LogP contribution in [0.5, 0.6) is 0 Å². The third-order valence-corrected chi connectivity index (χ3v) is 12.4. The van der Waals surface area contributed by atoms with Crippen molar-refractivity contribution in [3.05, 3.63) is 72.9 Å². The topological polar surface area (TPSA) is 175 Å². The van der Waals surface area contributed by atoms with Gasteiger partial charge in [-0.15, -0.1) is 0 Å². The highest BCUT2D eigenvalue weighted by molar-refractivity contribution is 5.80. The van der Waals surface area contributed by atoms with Gasteiger partial charge in [0.25, 0.3) is 0 Å². The maximum absolute atomic E-state index is 13.3. The van der Waals surface area contributed by atoms with Crippen molar-refractivity contribution in [3.8, 4) is 0 Å². The number of carbonyl (C=O) groups excluding carboxylic acids is 2. The summed E-state index contributed by atoms with van der Waals surface area (Å²) in [6, 6.07) is -1.04. The molecule has 11 heteroatoms. The molecule has 8 unspecified atom stereocenters. The second-order valence-electron chi connectivity index (χ2n) is 18.6. The number of hydrogen-bond acceptors (Lipinski definition) is 10. The van der Waals surface area contributed by atoms with E-state index in [1.54, 1.807) is 6.08 Å². The number of amides is 1. The zero-order chi connectivity index (χ0) is 49.7. The summed E-state index contributed by atoms with van der Waals surface area (Å²) in [7, 11) is 0. The van der Waals surface area contributed by atoms with E-state index in [4.69, 9.17) is 14.2 Å². The molecule has 0 aromatic rings. The third-order valence-electron chi connectivity index (χ3n) is 12.4. The first-order chi connectivity index (χ1) is 33.2. The van der Waals surface area contributed by atoms with E-state index < -0.39 is 67.4 Å². The fourth-order valence-electron chi connectivity index (χ4n) is 8.10. The van der Waals surface area contributed by atoms with Crippen molar-refractivity contribution in [3.63, 3.8) is 0 Å². The Morgan fingerprint density at radius 2 is 1.13 bits per heavy atom. The lowest BCUT2D eigenvalue weighted by atomic mass is 9.99. The molecule has 392 valence electrons. The Labute approximate surface area is 413 Å². The van der Waals surface area contributed by atoms with Crippen LogP contribution in [0.15, 0.2) is 72.9 Å². The Morgan fingerprint density at radius 3 is 1.74 bits per heavy atom. The van der Waals surface area contributed by atoms with Gasteiger partial charge in [0, 0.05) is 6.42 Å². The molecule has 1 fully saturated rings. The molecule has 1 aliphatic rings. The van der Waals surface area contributed by atoms with Crippen LogP contribution in [0.3, 0.4) is 0 Å². The Hall–Kier alpha value is -2.90. The number of aliphatic hydroxyl groups excluding tert-OH is 5. The van der Waals surface area contributed by atoms with E-state index in [1.165, 1.54) is 64.2 Å². The minimum atomic E-state index is -1.62. The fraction of sp³-hybridized carbons (Fsp3) is 0.754. The lowest BCUT2D eigenvalue weighted by Crippen LogP contribution is -2.61. The predicted molar refractivity (Wildman–Crippen MR) is 278 cm³/mol. The van der Waals surface area contributed by atoms with Crippen LogP contribution in [0.4, 0.5) is 0 Å². The van der Waals surface area contributed by atoms with Crippen LogP contribution in [-0.4, -0.2) is 99.6 Å². The Bertz CT molecular complexity index is 1380. The van der Waals surface area contributed by atoms with Gasteiger partial charge in [-0.1, -0.05) is 209 Å². The molecule has 6 N–H and O–H groups in total. The normalized spacial score (nSPS) is 20.5. The molecule has 1 rings (SSSR count). The summed E-state index contributed by atoms with van der Waals surface area (Å²) in [4.78, 5) is 26.4. The third kappa shape index (κ3) is 33.6. The highest BCUT2D eigenvalue weighted by atomic mass is 16.7. The summed E-state index contributed by atoms with van der Waals surface area (Å²) >= 11 is 0. The van der Waals surface area contributed by atoms with Crippen molar-refractivity contribution in [2.45, 2.75) is 262 Å². The summed E-state index contributed by atoms with van der Waals surface area (Å²) in [5.74, 6) is -1.23. The van der Waals surface area contributed by atoms with Crippen molar-refractivity contribution in [1.29, 1.82) is 0 Å². The number of allylic oxidation sites excluding steroid dienone is 11.